The van der Waals surface area contributed by atoms with Crippen molar-refractivity contribution in [1.29, 1.82) is 0 Å². The summed E-state index contributed by atoms with van der Waals surface area (Å²) in [6.07, 6.45) is 1.60. The molecule has 2 heterocycles. The summed E-state index contributed by atoms with van der Waals surface area (Å²) in [7, 11) is 0. The fraction of sp³-hybridized carbons (Fsp3) is 0.556. The third-order valence-electron chi connectivity index (χ3n) is 4.90. The van der Waals surface area contributed by atoms with Gasteiger partial charge in [-0.15, -0.1) is 0 Å². The van der Waals surface area contributed by atoms with Crippen molar-refractivity contribution in [3.8, 4) is 0 Å². The van der Waals surface area contributed by atoms with Crippen LogP contribution in [0.25, 0.3) is 0 Å². The number of likely N-dealkylation sites (tertiary alicyclic amines) is 1. The highest BCUT2D eigenvalue weighted by Crippen LogP contribution is 2.30. The van der Waals surface area contributed by atoms with Gasteiger partial charge in [0.1, 0.15) is 6.61 Å². The van der Waals surface area contributed by atoms with Crippen molar-refractivity contribution in [2.75, 3.05) is 19.7 Å². The fourth-order valence-corrected chi connectivity index (χ4v) is 3.98. The van der Waals surface area contributed by atoms with Gasteiger partial charge in [-0.1, -0.05) is 29.8 Å². The number of benzene rings is 1. The Morgan fingerprint density at radius 2 is 2.04 bits per heavy atom. The maximum Gasteiger partial charge on any atom is 0.410 e. The van der Waals surface area contributed by atoms with Gasteiger partial charge >= 0.3 is 6.09 Å². The lowest BCUT2D eigenvalue weighted by atomic mass is 9.97. The van der Waals surface area contributed by atoms with E-state index in [4.69, 9.17) is 28.6 Å². The second kappa shape index (κ2) is 7.38. The SMILES string of the molecule is CC1(C)COC(=O)N1C1CCN(C(=S)NCc2ccccc2Cl)CC1. The highest BCUT2D eigenvalue weighted by atomic mass is 35.5. The van der Waals surface area contributed by atoms with Crippen molar-refractivity contribution >= 4 is 35.0 Å². The molecule has 7 heteroatoms. The van der Waals surface area contributed by atoms with Gasteiger partial charge in [-0.05, 0) is 50.5 Å². The number of nitrogens with one attached hydrogen (secondary N) is 1. The van der Waals surface area contributed by atoms with E-state index in [0.29, 0.717) is 13.2 Å². The summed E-state index contributed by atoms with van der Waals surface area (Å²) in [6, 6.07) is 7.97. The van der Waals surface area contributed by atoms with Gasteiger partial charge in [0.05, 0.1) is 5.54 Å². The largest absolute Gasteiger partial charge is 0.447 e. The number of carbonyl (C=O) groups is 1. The van der Waals surface area contributed by atoms with Gasteiger partial charge in [-0.25, -0.2) is 4.79 Å². The van der Waals surface area contributed by atoms with Crippen LogP contribution in [0.5, 0.6) is 0 Å². The fourth-order valence-electron chi connectivity index (χ4n) is 3.52. The molecule has 5 nitrogen and oxygen atoms in total. The molecule has 1 aromatic rings. The Morgan fingerprint density at radius 1 is 1.36 bits per heavy atom. The van der Waals surface area contributed by atoms with Crippen molar-refractivity contribution in [3.05, 3.63) is 34.9 Å². The maximum atomic E-state index is 12.0. The van der Waals surface area contributed by atoms with E-state index >= 15 is 0 Å². The summed E-state index contributed by atoms with van der Waals surface area (Å²) >= 11 is 11.7. The Balaban J connectivity index is 1.51. The minimum atomic E-state index is -0.229. The quantitative estimate of drug-likeness (QED) is 0.813. The summed E-state index contributed by atoms with van der Waals surface area (Å²) in [5, 5.41) is 4.77. The second-order valence-corrected chi connectivity index (χ2v) is 8.00. The monoisotopic (exact) mass is 381 g/mol. The van der Waals surface area contributed by atoms with E-state index in [1.807, 2.05) is 29.2 Å². The van der Waals surface area contributed by atoms with Gasteiger partial charge in [-0.3, -0.25) is 4.90 Å². The average Bonchev–Trinajstić information content (AvgIpc) is 2.87. The summed E-state index contributed by atoms with van der Waals surface area (Å²) in [4.78, 5) is 16.1. The van der Waals surface area contributed by atoms with E-state index in [1.165, 1.54) is 0 Å². The van der Waals surface area contributed by atoms with E-state index in [1.54, 1.807) is 0 Å². The van der Waals surface area contributed by atoms with Crippen LogP contribution in [0.2, 0.25) is 5.02 Å². The van der Waals surface area contributed by atoms with E-state index in [9.17, 15) is 4.79 Å². The molecule has 0 atom stereocenters. The minimum Gasteiger partial charge on any atom is -0.447 e. The van der Waals surface area contributed by atoms with Crippen LogP contribution >= 0.6 is 23.8 Å². The topological polar surface area (TPSA) is 44.8 Å². The van der Waals surface area contributed by atoms with Crippen LogP contribution in [-0.4, -0.2) is 52.3 Å². The van der Waals surface area contributed by atoms with E-state index in [2.05, 4.69) is 24.1 Å². The van der Waals surface area contributed by atoms with Gasteiger partial charge in [0, 0.05) is 30.7 Å². The molecular weight excluding hydrogens is 358 g/mol. The number of piperidine rings is 1. The zero-order valence-corrected chi connectivity index (χ0v) is 16.2. The molecule has 0 saturated carbocycles. The molecule has 1 amide bonds. The van der Waals surface area contributed by atoms with Crippen LogP contribution in [-0.2, 0) is 11.3 Å². The van der Waals surface area contributed by atoms with Gasteiger partial charge in [-0.2, -0.15) is 0 Å². The highest BCUT2D eigenvalue weighted by molar-refractivity contribution is 7.80. The molecule has 0 radical (unpaired) electrons. The van der Waals surface area contributed by atoms with Crippen LogP contribution in [0, 0.1) is 0 Å². The number of halogens is 1. The number of thiocarbonyl (C=S) groups is 1. The van der Waals surface area contributed by atoms with Crippen LogP contribution < -0.4 is 5.32 Å². The number of carbonyl (C=O) groups excluding carboxylic acids is 1. The molecule has 2 aliphatic rings. The third kappa shape index (κ3) is 4.01. The summed E-state index contributed by atoms with van der Waals surface area (Å²) in [6.45, 7) is 6.85. The zero-order valence-electron chi connectivity index (χ0n) is 14.6. The smallest absolute Gasteiger partial charge is 0.410 e. The van der Waals surface area contributed by atoms with Crippen LogP contribution in [0.15, 0.2) is 24.3 Å². The van der Waals surface area contributed by atoms with Gasteiger partial charge < -0.3 is 15.0 Å². The lowest BCUT2D eigenvalue weighted by Gasteiger charge is -2.41. The van der Waals surface area contributed by atoms with Crippen molar-refractivity contribution in [2.45, 2.75) is 44.8 Å². The number of ether oxygens (including phenoxy) is 1. The Bertz CT molecular complexity index is 659. The number of hydrogen-bond acceptors (Lipinski definition) is 3. The molecule has 25 heavy (non-hydrogen) atoms. The van der Waals surface area contributed by atoms with Crippen LogP contribution in [0.1, 0.15) is 32.3 Å². The molecule has 3 rings (SSSR count). The van der Waals surface area contributed by atoms with Crippen LogP contribution in [0.4, 0.5) is 4.79 Å². The van der Waals surface area contributed by atoms with Gasteiger partial charge in [0.2, 0.25) is 0 Å². The minimum absolute atomic E-state index is 0.192. The molecule has 2 aliphatic heterocycles. The second-order valence-electron chi connectivity index (χ2n) is 7.21. The molecule has 0 spiro atoms. The zero-order chi connectivity index (χ0) is 18.0. The summed E-state index contributed by atoms with van der Waals surface area (Å²) < 4.78 is 5.23. The van der Waals surface area contributed by atoms with Crippen molar-refractivity contribution in [2.24, 2.45) is 0 Å². The molecule has 136 valence electrons. The predicted octanol–water partition coefficient (Wildman–Crippen LogP) is 3.41. The highest BCUT2D eigenvalue weighted by Gasteiger charge is 2.44. The average molecular weight is 382 g/mol. The number of nitrogens with zero attached hydrogens (tertiary/aromatic N) is 2. The van der Waals surface area contributed by atoms with E-state index < -0.39 is 0 Å². The first-order chi connectivity index (χ1) is 11.9. The molecule has 0 aromatic heterocycles. The number of rotatable bonds is 3. The Morgan fingerprint density at radius 3 is 2.64 bits per heavy atom. The molecule has 0 aliphatic carbocycles. The number of amides is 1. The van der Waals surface area contributed by atoms with Crippen molar-refractivity contribution < 1.29 is 9.53 Å². The van der Waals surface area contributed by atoms with Crippen LogP contribution in [0.3, 0.4) is 0 Å². The predicted molar refractivity (Wildman–Crippen MR) is 103 cm³/mol. The maximum absolute atomic E-state index is 12.0. The van der Waals surface area contributed by atoms with Gasteiger partial charge in [0.15, 0.2) is 5.11 Å². The lowest BCUT2D eigenvalue weighted by Crippen LogP contribution is -2.54. The molecule has 1 aromatic carbocycles. The summed E-state index contributed by atoms with van der Waals surface area (Å²) in [5.74, 6) is 0. The first kappa shape index (κ1) is 18.3. The van der Waals surface area contributed by atoms with Crippen molar-refractivity contribution in [1.82, 2.24) is 15.1 Å². The molecule has 1 N–H and O–H groups in total. The molecule has 2 fully saturated rings. The lowest BCUT2D eigenvalue weighted by molar-refractivity contribution is 0.102. The third-order valence-corrected chi connectivity index (χ3v) is 5.67. The molecule has 0 unspecified atom stereocenters. The standard InChI is InChI=1S/C18H24ClN3O2S/c1-18(2)12-24-17(23)22(18)14-7-9-21(10-8-14)16(25)20-11-13-5-3-4-6-15(13)19/h3-6,14H,7-12H2,1-2H3,(H,20,25). The Hall–Kier alpha value is -1.53. The first-order valence-corrected chi connectivity index (χ1v) is 9.39. The molecule has 2 saturated heterocycles. The Kier molecular flexibility index (Phi) is 5.39. The first-order valence-electron chi connectivity index (χ1n) is 8.61. The van der Waals surface area contributed by atoms with Crippen molar-refractivity contribution in [3.63, 3.8) is 0 Å². The normalized spacial score (nSPS) is 20.5. The molecular formula is C18H24ClN3O2S. The molecule has 0 bridgehead atoms. The Labute approximate surface area is 159 Å². The summed E-state index contributed by atoms with van der Waals surface area (Å²) in [5.41, 5.74) is 0.801. The van der Waals surface area contributed by atoms with Gasteiger partial charge in [0.25, 0.3) is 0 Å². The number of cyclic esters (lactones) is 1. The van der Waals surface area contributed by atoms with E-state index in [-0.39, 0.29) is 17.7 Å². The van der Waals surface area contributed by atoms with E-state index in [0.717, 1.165) is 41.6 Å². The number of hydrogen-bond donors (Lipinski definition) is 1.